The van der Waals surface area contributed by atoms with Crippen molar-refractivity contribution in [2.24, 2.45) is 0 Å². The van der Waals surface area contributed by atoms with E-state index >= 15 is 0 Å². The molecule has 4 heteroatoms. The van der Waals surface area contributed by atoms with E-state index in [2.05, 4.69) is 0 Å². The molecule has 0 saturated carbocycles. The van der Waals surface area contributed by atoms with E-state index in [0.29, 0.717) is 5.56 Å². The minimum Gasteiger partial charge on any atom is -0.282 e. The van der Waals surface area contributed by atoms with E-state index in [0.717, 1.165) is 16.3 Å². The predicted molar refractivity (Wildman–Crippen MR) is 63.2 cm³/mol. The third-order valence-electron chi connectivity index (χ3n) is 2.90. The molecular formula is C13H7NO3. The quantitative estimate of drug-likeness (QED) is 0.553. The first kappa shape index (κ1) is 9.72. The lowest BCUT2D eigenvalue weighted by molar-refractivity contribution is -0.415. The standard InChI is InChI=1S/C13H7NO3/c15-13-10-6-2-4-8-3-1-5-9(12(8)10)7-11(13)14(16)17/h1-7H. The molecular weight excluding hydrogens is 218 g/mol. The summed E-state index contributed by atoms with van der Waals surface area (Å²) in [7, 11) is 0. The molecule has 0 radical (unpaired) electrons. The topological polar surface area (TPSA) is 60.2 Å². The summed E-state index contributed by atoms with van der Waals surface area (Å²) in [6.07, 6.45) is 1.34. The number of ketones is 1. The fourth-order valence-corrected chi connectivity index (χ4v) is 2.17. The summed E-state index contributed by atoms with van der Waals surface area (Å²) >= 11 is 0. The van der Waals surface area contributed by atoms with Crippen molar-refractivity contribution < 1.29 is 9.72 Å². The Morgan fingerprint density at radius 2 is 1.76 bits per heavy atom. The molecule has 0 N–H and O–H groups in total. The number of hydrogen-bond donors (Lipinski definition) is 0. The molecule has 0 amide bonds. The molecule has 2 aromatic rings. The van der Waals surface area contributed by atoms with Crippen LogP contribution in [0, 0.1) is 10.1 Å². The van der Waals surface area contributed by atoms with Crippen molar-refractivity contribution in [3.63, 3.8) is 0 Å². The first-order valence-corrected chi connectivity index (χ1v) is 5.11. The van der Waals surface area contributed by atoms with Crippen LogP contribution < -0.4 is 0 Å². The molecule has 17 heavy (non-hydrogen) atoms. The Morgan fingerprint density at radius 1 is 1.06 bits per heavy atom. The fraction of sp³-hybridized carbons (Fsp3) is 0. The van der Waals surface area contributed by atoms with Gasteiger partial charge in [0.15, 0.2) is 0 Å². The number of rotatable bonds is 1. The molecule has 0 spiro atoms. The summed E-state index contributed by atoms with van der Waals surface area (Å²) in [6.45, 7) is 0. The van der Waals surface area contributed by atoms with Gasteiger partial charge in [-0.2, -0.15) is 0 Å². The lowest BCUT2D eigenvalue weighted by atomic mass is 9.91. The number of Topliss-reactive ketones (excluding diaryl/α,β-unsaturated/α-hetero) is 1. The van der Waals surface area contributed by atoms with E-state index in [1.807, 2.05) is 18.2 Å². The maximum absolute atomic E-state index is 11.9. The van der Waals surface area contributed by atoms with E-state index in [4.69, 9.17) is 0 Å². The molecule has 1 aliphatic rings. The highest BCUT2D eigenvalue weighted by Crippen LogP contribution is 2.31. The fourth-order valence-electron chi connectivity index (χ4n) is 2.17. The summed E-state index contributed by atoms with van der Waals surface area (Å²) in [4.78, 5) is 22.1. The van der Waals surface area contributed by atoms with Crippen LogP contribution in [0.1, 0.15) is 15.9 Å². The molecule has 0 atom stereocenters. The van der Waals surface area contributed by atoms with E-state index in [-0.39, 0.29) is 5.70 Å². The van der Waals surface area contributed by atoms with Crippen LogP contribution in [-0.4, -0.2) is 10.7 Å². The normalized spacial score (nSPS) is 13.6. The number of nitrogens with zero attached hydrogens (tertiary/aromatic N) is 1. The second-order valence-electron chi connectivity index (χ2n) is 3.87. The molecule has 0 aliphatic heterocycles. The number of benzene rings is 2. The van der Waals surface area contributed by atoms with Crippen LogP contribution in [-0.2, 0) is 0 Å². The Kier molecular flexibility index (Phi) is 1.86. The molecule has 4 nitrogen and oxygen atoms in total. The number of carbonyl (C=O) groups is 1. The highest BCUT2D eigenvalue weighted by molar-refractivity contribution is 6.21. The zero-order valence-electron chi connectivity index (χ0n) is 8.71. The van der Waals surface area contributed by atoms with Gasteiger partial charge in [0.1, 0.15) is 0 Å². The molecule has 0 bridgehead atoms. The lowest BCUT2D eigenvalue weighted by Crippen LogP contribution is -2.15. The Hall–Kier alpha value is -2.49. The molecule has 0 unspecified atom stereocenters. The van der Waals surface area contributed by atoms with Crippen LogP contribution in [0.15, 0.2) is 42.1 Å². The van der Waals surface area contributed by atoms with E-state index in [1.54, 1.807) is 18.2 Å². The van der Waals surface area contributed by atoms with Gasteiger partial charge in [-0.3, -0.25) is 14.9 Å². The summed E-state index contributed by atoms with van der Waals surface area (Å²) in [6, 6.07) is 10.8. The first-order chi connectivity index (χ1) is 8.18. The molecule has 82 valence electrons. The second-order valence-corrected chi connectivity index (χ2v) is 3.87. The minimum absolute atomic E-state index is 0.365. The Morgan fingerprint density at radius 3 is 2.47 bits per heavy atom. The van der Waals surface area contributed by atoms with Gasteiger partial charge in [-0.15, -0.1) is 0 Å². The second kappa shape index (κ2) is 3.25. The summed E-state index contributed by atoms with van der Waals surface area (Å²) in [5.74, 6) is -0.515. The van der Waals surface area contributed by atoms with Crippen molar-refractivity contribution in [3.8, 4) is 0 Å². The Bertz CT molecular complexity index is 696. The van der Waals surface area contributed by atoms with Gasteiger partial charge in [-0.05, 0) is 10.9 Å². The van der Waals surface area contributed by atoms with Gasteiger partial charge in [-0.25, -0.2) is 0 Å². The predicted octanol–water partition coefficient (Wildman–Crippen LogP) is 2.65. The van der Waals surface area contributed by atoms with Crippen molar-refractivity contribution in [2.75, 3.05) is 0 Å². The molecule has 3 rings (SSSR count). The number of hydrogen-bond acceptors (Lipinski definition) is 3. The van der Waals surface area contributed by atoms with Crippen LogP contribution >= 0.6 is 0 Å². The van der Waals surface area contributed by atoms with E-state index < -0.39 is 10.7 Å². The molecule has 0 fully saturated rings. The molecule has 2 aromatic carbocycles. The van der Waals surface area contributed by atoms with Crippen molar-refractivity contribution in [1.82, 2.24) is 0 Å². The highest BCUT2D eigenvalue weighted by Gasteiger charge is 2.29. The highest BCUT2D eigenvalue weighted by atomic mass is 16.6. The van der Waals surface area contributed by atoms with Crippen LogP contribution in [0.2, 0.25) is 0 Å². The molecule has 0 saturated heterocycles. The molecule has 0 heterocycles. The summed E-state index contributed by atoms with van der Waals surface area (Å²) in [5, 5.41) is 12.5. The van der Waals surface area contributed by atoms with Crippen LogP contribution in [0.5, 0.6) is 0 Å². The Labute approximate surface area is 96.3 Å². The van der Waals surface area contributed by atoms with Crippen molar-refractivity contribution in [2.45, 2.75) is 0 Å². The molecule has 1 aliphatic carbocycles. The van der Waals surface area contributed by atoms with Gasteiger partial charge in [0.2, 0.25) is 0 Å². The van der Waals surface area contributed by atoms with Gasteiger partial charge < -0.3 is 0 Å². The monoisotopic (exact) mass is 225 g/mol. The average Bonchev–Trinajstić information content (AvgIpc) is 2.33. The van der Waals surface area contributed by atoms with E-state index in [1.165, 1.54) is 6.08 Å². The van der Waals surface area contributed by atoms with E-state index in [9.17, 15) is 14.9 Å². The maximum Gasteiger partial charge on any atom is 0.317 e. The van der Waals surface area contributed by atoms with Gasteiger partial charge >= 0.3 is 5.70 Å². The zero-order chi connectivity index (χ0) is 12.0. The average molecular weight is 225 g/mol. The van der Waals surface area contributed by atoms with Gasteiger partial charge in [0.05, 0.1) is 4.92 Å². The lowest BCUT2D eigenvalue weighted by Gasteiger charge is -2.11. The van der Waals surface area contributed by atoms with Crippen LogP contribution in [0.4, 0.5) is 0 Å². The zero-order valence-corrected chi connectivity index (χ0v) is 8.71. The minimum atomic E-state index is -0.628. The smallest absolute Gasteiger partial charge is 0.282 e. The van der Waals surface area contributed by atoms with Crippen LogP contribution in [0.25, 0.3) is 16.8 Å². The largest absolute Gasteiger partial charge is 0.317 e. The Balaban J connectivity index is 2.45. The first-order valence-electron chi connectivity index (χ1n) is 5.11. The third kappa shape index (κ3) is 1.27. The SMILES string of the molecule is O=C1C([N+](=O)[O-])=Cc2cccc3cccc1c23. The maximum atomic E-state index is 11.9. The van der Waals surface area contributed by atoms with Gasteiger partial charge in [0.25, 0.3) is 5.78 Å². The number of carbonyl (C=O) groups excluding carboxylic acids is 1. The third-order valence-corrected chi connectivity index (χ3v) is 2.90. The van der Waals surface area contributed by atoms with Crippen LogP contribution in [0.3, 0.4) is 0 Å². The summed E-state index contributed by atoms with van der Waals surface area (Å²) < 4.78 is 0. The molecule has 0 aromatic heterocycles. The van der Waals surface area contributed by atoms with Gasteiger partial charge in [-0.1, -0.05) is 36.4 Å². The number of allylic oxidation sites excluding steroid dienone is 1. The van der Waals surface area contributed by atoms with Crippen molar-refractivity contribution >= 4 is 22.6 Å². The van der Waals surface area contributed by atoms with Crippen molar-refractivity contribution in [3.05, 3.63) is 63.3 Å². The summed E-state index contributed by atoms with van der Waals surface area (Å²) in [5.41, 5.74) is 0.771. The van der Waals surface area contributed by atoms with Crippen molar-refractivity contribution in [1.29, 1.82) is 0 Å². The number of nitro groups is 1. The van der Waals surface area contributed by atoms with Gasteiger partial charge in [0, 0.05) is 17.0 Å².